The first-order valence-corrected chi connectivity index (χ1v) is 6.96. The molecule has 1 heterocycles. The van der Waals surface area contributed by atoms with Crippen LogP contribution in [-0.4, -0.2) is 36.0 Å². The van der Waals surface area contributed by atoms with Crippen LogP contribution in [0.5, 0.6) is 0 Å². The van der Waals surface area contributed by atoms with Gasteiger partial charge in [0.1, 0.15) is 0 Å². The average molecular weight is 275 g/mol. The SMILES string of the molecule is CC(C)NC(=O)N1CCNC(=O)CC1c1ccccc1. The second-order valence-electron chi connectivity index (χ2n) is 5.28. The van der Waals surface area contributed by atoms with Gasteiger partial charge in [-0.25, -0.2) is 4.79 Å². The zero-order valence-electron chi connectivity index (χ0n) is 11.9. The predicted molar refractivity (Wildman–Crippen MR) is 77.2 cm³/mol. The first kappa shape index (κ1) is 14.4. The number of hydrogen-bond acceptors (Lipinski definition) is 2. The molecule has 0 bridgehead atoms. The van der Waals surface area contributed by atoms with Crippen molar-refractivity contribution in [2.75, 3.05) is 13.1 Å². The Bertz CT molecular complexity index is 473. The van der Waals surface area contributed by atoms with Crippen LogP contribution in [0, 0.1) is 0 Å². The third-order valence-corrected chi connectivity index (χ3v) is 3.29. The van der Waals surface area contributed by atoms with Crippen LogP contribution in [0.4, 0.5) is 4.79 Å². The Morgan fingerprint density at radius 3 is 2.70 bits per heavy atom. The Hall–Kier alpha value is -2.04. The molecule has 0 aromatic heterocycles. The van der Waals surface area contributed by atoms with Crippen LogP contribution in [0.25, 0.3) is 0 Å². The van der Waals surface area contributed by atoms with Crippen molar-refractivity contribution < 1.29 is 9.59 Å². The number of rotatable bonds is 2. The van der Waals surface area contributed by atoms with E-state index in [-0.39, 0.29) is 24.0 Å². The molecule has 1 saturated heterocycles. The molecule has 0 radical (unpaired) electrons. The lowest BCUT2D eigenvalue weighted by molar-refractivity contribution is -0.121. The second kappa shape index (κ2) is 6.41. The topological polar surface area (TPSA) is 61.4 Å². The van der Waals surface area contributed by atoms with Crippen molar-refractivity contribution in [3.05, 3.63) is 35.9 Å². The predicted octanol–water partition coefficient (Wildman–Crippen LogP) is 1.67. The molecular weight excluding hydrogens is 254 g/mol. The highest BCUT2D eigenvalue weighted by Crippen LogP contribution is 2.25. The number of carbonyl (C=O) groups excluding carboxylic acids is 2. The zero-order valence-corrected chi connectivity index (χ0v) is 11.9. The van der Waals surface area contributed by atoms with Crippen LogP contribution < -0.4 is 10.6 Å². The maximum Gasteiger partial charge on any atom is 0.318 e. The maximum atomic E-state index is 12.3. The number of nitrogens with zero attached hydrogens (tertiary/aromatic N) is 1. The molecule has 0 spiro atoms. The van der Waals surface area contributed by atoms with Gasteiger partial charge in [-0.2, -0.15) is 0 Å². The van der Waals surface area contributed by atoms with Gasteiger partial charge in [0, 0.05) is 19.1 Å². The lowest BCUT2D eigenvalue weighted by Gasteiger charge is -2.30. The van der Waals surface area contributed by atoms with Gasteiger partial charge in [0.15, 0.2) is 0 Å². The quantitative estimate of drug-likeness (QED) is 0.862. The van der Waals surface area contributed by atoms with Crippen molar-refractivity contribution in [3.63, 3.8) is 0 Å². The van der Waals surface area contributed by atoms with E-state index in [0.717, 1.165) is 5.56 Å². The van der Waals surface area contributed by atoms with Gasteiger partial charge < -0.3 is 15.5 Å². The average Bonchev–Trinajstić information content (AvgIpc) is 2.61. The van der Waals surface area contributed by atoms with E-state index in [0.29, 0.717) is 19.5 Å². The van der Waals surface area contributed by atoms with E-state index < -0.39 is 0 Å². The number of carbonyl (C=O) groups is 2. The second-order valence-corrected chi connectivity index (χ2v) is 5.28. The first-order chi connectivity index (χ1) is 9.58. The Labute approximate surface area is 119 Å². The highest BCUT2D eigenvalue weighted by Gasteiger charge is 2.29. The molecule has 1 unspecified atom stereocenters. The van der Waals surface area contributed by atoms with E-state index in [4.69, 9.17) is 0 Å². The van der Waals surface area contributed by atoms with Crippen molar-refractivity contribution >= 4 is 11.9 Å². The molecule has 2 N–H and O–H groups in total. The summed E-state index contributed by atoms with van der Waals surface area (Å²) in [5, 5.41) is 5.72. The van der Waals surface area contributed by atoms with E-state index in [1.54, 1.807) is 4.90 Å². The maximum absolute atomic E-state index is 12.3. The molecule has 108 valence electrons. The smallest absolute Gasteiger partial charge is 0.318 e. The molecule has 0 saturated carbocycles. The number of benzene rings is 1. The molecular formula is C15H21N3O2. The summed E-state index contributed by atoms with van der Waals surface area (Å²) < 4.78 is 0. The summed E-state index contributed by atoms with van der Waals surface area (Å²) in [6.07, 6.45) is 0.301. The summed E-state index contributed by atoms with van der Waals surface area (Å²) in [4.78, 5) is 25.9. The fourth-order valence-electron chi connectivity index (χ4n) is 2.38. The van der Waals surface area contributed by atoms with Crippen LogP contribution in [0.1, 0.15) is 31.9 Å². The van der Waals surface area contributed by atoms with Crippen LogP contribution in [0.3, 0.4) is 0 Å². The minimum Gasteiger partial charge on any atom is -0.354 e. The van der Waals surface area contributed by atoms with Gasteiger partial charge in [0.2, 0.25) is 5.91 Å². The molecule has 0 aliphatic carbocycles. The third kappa shape index (κ3) is 3.50. The molecule has 2 rings (SSSR count). The molecule has 20 heavy (non-hydrogen) atoms. The van der Waals surface area contributed by atoms with Gasteiger partial charge in [-0.1, -0.05) is 30.3 Å². The molecule has 1 aromatic carbocycles. The van der Waals surface area contributed by atoms with Crippen molar-refractivity contribution in [1.82, 2.24) is 15.5 Å². The summed E-state index contributed by atoms with van der Waals surface area (Å²) >= 11 is 0. The van der Waals surface area contributed by atoms with Crippen molar-refractivity contribution in [1.29, 1.82) is 0 Å². The van der Waals surface area contributed by atoms with E-state index in [1.807, 2.05) is 44.2 Å². The fraction of sp³-hybridized carbons (Fsp3) is 0.467. The largest absolute Gasteiger partial charge is 0.354 e. The van der Waals surface area contributed by atoms with Crippen LogP contribution in [-0.2, 0) is 4.79 Å². The minimum absolute atomic E-state index is 0.0151. The summed E-state index contributed by atoms with van der Waals surface area (Å²) in [5.74, 6) is -0.0151. The molecule has 1 fully saturated rings. The third-order valence-electron chi connectivity index (χ3n) is 3.29. The highest BCUT2D eigenvalue weighted by atomic mass is 16.2. The van der Waals surface area contributed by atoms with Gasteiger partial charge in [-0.15, -0.1) is 0 Å². The Morgan fingerprint density at radius 1 is 1.35 bits per heavy atom. The van der Waals surface area contributed by atoms with E-state index in [9.17, 15) is 9.59 Å². The normalized spacial score (nSPS) is 19.4. The van der Waals surface area contributed by atoms with Gasteiger partial charge in [0.25, 0.3) is 0 Å². The zero-order chi connectivity index (χ0) is 14.5. The van der Waals surface area contributed by atoms with E-state index in [2.05, 4.69) is 10.6 Å². The summed E-state index contributed by atoms with van der Waals surface area (Å²) in [6.45, 7) is 4.87. The monoisotopic (exact) mass is 275 g/mol. The number of urea groups is 1. The van der Waals surface area contributed by atoms with Crippen molar-refractivity contribution in [2.45, 2.75) is 32.4 Å². The first-order valence-electron chi connectivity index (χ1n) is 6.96. The molecule has 1 aromatic rings. The standard InChI is InChI=1S/C15H21N3O2/c1-11(2)17-15(20)18-9-8-16-14(19)10-13(18)12-6-4-3-5-7-12/h3-7,11,13H,8-10H2,1-2H3,(H,16,19)(H,17,20). The number of hydrogen-bond donors (Lipinski definition) is 2. The molecule has 1 aliphatic rings. The van der Waals surface area contributed by atoms with Gasteiger partial charge in [-0.3, -0.25) is 4.79 Å². The van der Waals surface area contributed by atoms with Gasteiger partial charge >= 0.3 is 6.03 Å². The van der Waals surface area contributed by atoms with Crippen molar-refractivity contribution in [2.24, 2.45) is 0 Å². The lowest BCUT2D eigenvalue weighted by atomic mass is 10.0. The number of nitrogens with one attached hydrogen (secondary N) is 2. The van der Waals surface area contributed by atoms with Gasteiger partial charge in [0.05, 0.1) is 12.5 Å². The van der Waals surface area contributed by atoms with E-state index >= 15 is 0 Å². The fourth-order valence-corrected chi connectivity index (χ4v) is 2.38. The Morgan fingerprint density at radius 2 is 2.05 bits per heavy atom. The van der Waals surface area contributed by atoms with E-state index in [1.165, 1.54) is 0 Å². The molecule has 3 amide bonds. The minimum atomic E-state index is -0.211. The van der Waals surface area contributed by atoms with Crippen LogP contribution in [0.15, 0.2) is 30.3 Å². The summed E-state index contributed by atoms with van der Waals surface area (Å²) in [7, 11) is 0. The van der Waals surface area contributed by atoms with Crippen LogP contribution >= 0.6 is 0 Å². The Balaban J connectivity index is 2.25. The van der Waals surface area contributed by atoms with Crippen molar-refractivity contribution in [3.8, 4) is 0 Å². The summed E-state index contributed by atoms with van der Waals surface area (Å²) in [5.41, 5.74) is 0.989. The Kier molecular flexibility index (Phi) is 4.61. The summed E-state index contributed by atoms with van der Waals surface area (Å²) in [6, 6.07) is 9.44. The molecule has 5 heteroatoms. The highest BCUT2D eigenvalue weighted by molar-refractivity contribution is 5.80. The number of amides is 3. The molecule has 5 nitrogen and oxygen atoms in total. The lowest BCUT2D eigenvalue weighted by Crippen LogP contribution is -2.45. The van der Waals surface area contributed by atoms with Gasteiger partial charge in [-0.05, 0) is 19.4 Å². The molecule has 1 atom stereocenters. The molecule has 1 aliphatic heterocycles. The van der Waals surface area contributed by atoms with Crippen LogP contribution in [0.2, 0.25) is 0 Å².